The van der Waals surface area contributed by atoms with E-state index in [0.717, 1.165) is 17.7 Å². The molecule has 0 N–H and O–H groups in total. The van der Waals surface area contributed by atoms with E-state index in [4.69, 9.17) is 0 Å². The number of aromatic nitrogens is 1. The molecule has 64 valence electrons. The van der Waals surface area contributed by atoms with Crippen molar-refractivity contribution in [3.63, 3.8) is 0 Å². The van der Waals surface area contributed by atoms with Gasteiger partial charge in [0.15, 0.2) is 6.29 Å². The van der Waals surface area contributed by atoms with Crippen molar-refractivity contribution < 1.29 is 4.79 Å². The van der Waals surface area contributed by atoms with Crippen molar-refractivity contribution in [1.82, 2.24) is 4.98 Å². The summed E-state index contributed by atoms with van der Waals surface area (Å²) >= 11 is 0. The van der Waals surface area contributed by atoms with Gasteiger partial charge in [-0.3, -0.25) is 4.79 Å². The molecule has 1 aromatic heterocycles. The molecule has 12 heavy (non-hydrogen) atoms. The third-order valence-electron chi connectivity index (χ3n) is 1.58. The number of aldehydes is 1. The minimum Gasteiger partial charge on any atom is -0.362 e. The highest BCUT2D eigenvalue weighted by atomic mass is 16.1. The van der Waals surface area contributed by atoms with Gasteiger partial charge in [0.2, 0.25) is 0 Å². The molecule has 0 saturated heterocycles. The Kier molecular flexibility index (Phi) is 2.43. The number of nitrogens with zero attached hydrogens (tertiary/aromatic N) is 2. The highest BCUT2D eigenvalue weighted by Crippen LogP contribution is 2.13. The summed E-state index contributed by atoms with van der Waals surface area (Å²) in [6, 6.07) is 1.83. The van der Waals surface area contributed by atoms with Crippen LogP contribution in [0, 0.1) is 6.92 Å². The van der Waals surface area contributed by atoms with E-state index >= 15 is 0 Å². The lowest BCUT2D eigenvalue weighted by Crippen LogP contribution is -2.13. The average molecular weight is 164 g/mol. The zero-order valence-corrected chi connectivity index (χ0v) is 7.53. The average Bonchev–Trinajstić information content (AvgIpc) is 2.03. The number of pyridine rings is 1. The first-order chi connectivity index (χ1) is 5.65. The van der Waals surface area contributed by atoms with Crippen LogP contribution in [0.3, 0.4) is 0 Å². The first-order valence-electron chi connectivity index (χ1n) is 3.74. The Morgan fingerprint density at radius 3 is 2.67 bits per heavy atom. The van der Waals surface area contributed by atoms with E-state index in [1.54, 1.807) is 6.20 Å². The number of aryl methyl sites for hydroxylation is 1. The first kappa shape index (κ1) is 8.71. The predicted octanol–water partition coefficient (Wildman–Crippen LogP) is 1.27. The quantitative estimate of drug-likeness (QED) is 0.617. The van der Waals surface area contributed by atoms with Gasteiger partial charge in [-0.15, -0.1) is 0 Å². The fourth-order valence-corrected chi connectivity index (χ4v) is 1.04. The summed E-state index contributed by atoms with van der Waals surface area (Å²) in [5, 5.41) is 0. The number of carbonyl (C=O) groups is 1. The van der Waals surface area contributed by atoms with Crippen LogP contribution in [0.2, 0.25) is 0 Å². The van der Waals surface area contributed by atoms with Crippen molar-refractivity contribution in [3.8, 4) is 0 Å². The Bertz CT molecular complexity index is 295. The summed E-state index contributed by atoms with van der Waals surface area (Å²) in [5.74, 6) is 0.718. The summed E-state index contributed by atoms with van der Waals surface area (Å²) in [4.78, 5) is 16.6. The number of rotatable bonds is 2. The highest BCUT2D eigenvalue weighted by molar-refractivity contribution is 5.82. The molecule has 0 fully saturated rings. The summed E-state index contributed by atoms with van der Waals surface area (Å²) < 4.78 is 0. The van der Waals surface area contributed by atoms with Crippen molar-refractivity contribution in [2.24, 2.45) is 0 Å². The van der Waals surface area contributed by atoms with Crippen LogP contribution >= 0.6 is 0 Å². The SMILES string of the molecule is Cc1cnc(N(C)C)c(C=O)c1. The van der Waals surface area contributed by atoms with Crippen molar-refractivity contribution in [3.05, 3.63) is 23.4 Å². The molecule has 0 amide bonds. The van der Waals surface area contributed by atoms with Crippen molar-refractivity contribution in [1.29, 1.82) is 0 Å². The lowest BCUT2D eigenvalue weighted by molar-refractivity contribution is 0.112. The molecule has 1 rings (SSSR count). The highest BCUT2D eigenvalue weighted by Gasteiger charge is 2.04. The van der Waals surface area contributed by atoms with Gasteiger partial charge in [0, 0.05) is 20.3 Å². The number of hydrogen-bond donors (Lipinski definition) is 0. The second-order valence-electron chi connectivity index (χ2n) is 2.94. The minimum atomic E-state index is 0.639. The van der Waals surface area contributed by atoms with Crippen LogP contribution in [0.1, 0.15) is 15.9 Å². The summed E-state index contributed by atoms with van der Waals surface area (Å²) in [5.41, 5.74) is 1.64. The molecule has 0 aliphatic heterocycles. The van der Waals surface area contributed by atoms with Gasteiger partial charge in [-0.25, -0.2) is 4.98 Å². The maximum atomic E-state index is 10.6. The van der Waals surface area contributed by atoms with Crippen LogP contribution in [0.15, 0.2) is 12.3 Å². The lowest BCUT2D eigenvalue weighted by Gasteiger charge is -2.13. The summed E-state index contributed by atoms with van der Waals surface area (Å²) in [6.07, 6.45) is 2.58. The van der Waals surface area contributed by atoms with Gasteiger partial charge in [0.05, 0.1) is 5.56 Å². The third-order valence-corrected chi connectivity index (χ3v) is 1.58. The van der Waals surface area contributed by atoms with Crippen molar-refractivity contribution >= 4 is 12.1 Å². The van der Waals surface area contributed by atoms with Gasteiger partial charge in [-0.2, -0.15) is 0 Å². The molecule has 0 spiro atoms. The first-order valence-corrected chi connectivity index (χ1v) is 3.74. The van der Waals surface area contributed by atoms with E-state index in [0.29, 0.717) is 5.56 Å². The topological polar surface area (TPSA) is 33.2 Å². The monoisotopic (exact) mass is 164 g/mol. The number of anilines is 1. The fraction of sp³-hybridized carbons (Fsp3) is 0.333. The van der Waals surface area contributed by atoms with Crippen molar-refractivity contribution in [2.75, 3.05) is 19.0 Å². The second kappa shape index (κ2) is 3.34. The van der Waals surface area contributed by atoms with Crippen LogP contribution in [-0.2, 0) is 0 Å². The molecule has 0 saturated carbocycles. The Labute approximate surface area is 72.0 Å². The van der Waals surface area contributed by atoms with Crippen LogP contribution < -0.4 is 4.90 Å². The molecule has 0 atom stereocenters. The molecule has 3 nitrogen and oxygen atoms in total. The molecule has 3 heteroatoms. The molecule has 0 bridgehead atoms. The van der Waals surface area contributed by atoms with Gasteiger partial charge >= 0.3 is 0 Å². The zero-order valence-electron chi connectivity index (χ0n) is 7.53. The minimum absolute atomic E-state index is 0.639. The Morgan fingerprint density at radius 1 is 1.50 bits per heavy atom. The Hall–Kier alpha value is -1.38. The van der Waals surface area contributed by atoms with Gasteiger partial charge in [0.1, 0.15) is 5.82 Å². The molecular weight excluding hydrogens is 152 g/mol. The van der Waals surface area contributed by atoms with E-state index in [1.807, 2.05) is 32.0 Å². The van der Waals surface area contributed by atoms with Gasteiger partial charge in [0.25, 0.3) is 0 Å². The van der Waals surface area contributed by atoms with Crippen LogP contribution in [0.25, 0.3) is 0 Å². The van der Waals surface area contributed by atoms with Gasteiger partial charge < -0.3 is 4.90 Å². The number of carbonyl (C=O) groups excluding carboxylic acids is 1. The maximum absolute atomic E-state index is 10.6. The smallest absolute Gasteiger partial charge is 0.153 e. The molecule has 1 aromatic rings. The fourth-order valence-electron chi connectivity index (χ4n) is 1.04. The molecular formula is C9H12N2O. The summed E-state index contributed by atoms with van der Waals surface area (Å²) in [6.45, 7) is 1.92. The largest absolute Gasteiger partial charge is 0.362 e. The lowest BCUT2D eigenvalue weighted by atomic mass is 10.2. The molecule has 0 aliphatic rings. The molecule has 1 heterocycles. The Balaban J connectivity index is 3.20. The molecule has 0 aliphatic carbocycles. The predicted molar refractivity (Wildman–Crippen MR) is 48.7 cm³/mol. The van der Waals surface area contributed by atoms with E-state index in [1.165, 1.54) is 0 Å². The summed E-state index contributed by atoms with van der Waals surface area (Å²) in [7, 11) is 3.73. The van der Waals surface area contributed by atoms with E-state index < -0.39 is 0 Å². The second-order valence-corrected chi connectivity index (χ2v) is 2.94. The molecule has 0 aromatic carbocycles. The van der Waals surface area contributed by atoms with Gasteiger partial charge in [-0.1, -0.05) is 0 Å². The Morgan fingerprint density at radius 2 is 2.17 bits per heavy atom. The van der Waals surface area contributed by atoms with E-state index in [2.05, 4.69) is 4.98 Å². The molecule has 0 unspecified atom stereocenters. The van der Waals surface area contributed by atoms with E-state index in [-0.39, 0.29) is 0 Å². The van der Waals surface area contributed by atoms with E-state index in [9.17, 15) is 4.79 Å². The van der Waals surface area contributed by atoms with Gasteiger partial charge in [-0.05, 0) is 18.6 Å². The van der Waals surface area contributed by atoms with Crippen molar-refractivity contribution in [2.45, 2.75) is 6.92 Å². The van der Waals surface area contributed by atoms with Crippen LogP contribution in [-0.4, -0.2) is 25.4 Å². The van der Waals surface area contributed by atoms with Crippen LogP contribution in [0.5, 0.6) is 0 Å². The third kappa shape index (κ3) is 1.61. The molecule has 0 radical (unpaired) electrons. The zero-order chi connectivity index (χ0) is 9.14. The van der Waals surface area contributed by atoms with Crippen LogP contribution in [0.4, 0.5) is 5.82 Å². The standard InChI is InChI=1S/C9H12N2O/c1-7-4-8(6-12)9(10-5-7)11(2)3/h4-6H,1-3H3. The normalized spacial score (nSPS) is 9.58. The maximum Gasteiger partial charge on any atom is 0.153 e. The number of hydrogen-bond acceptors (Lipinski definition) is 3.